The smallest absolute Gasteiger partial charge is 0.257 e. The summed E-state index contributed by atoms with van der Waals surface area (Å²) in [6, 6.07) is 6.30. The molecule has 0 unspecified atom stereocenters. The Bertz CT molecular complexity index is 1320. The van der Waals surface area contributed by atoms with Gasteiger partial charge < -0.3 is 14.7 Å². The first-order valence-electron chi connectivity index (χ1n) is 12.2. The molecule has 6 rings (SSSR count). The number of piperidine rings is 1. The number of pyridine rings is 1. The van der Waals surface area contributed by atoms with E-state index in [1.54, 1.807) is 12.4 Å². The molecule has 1 fully saturated rings. The van der Waals surface area contributed by atoms with Crippen LogP contribution >= 0.6 is 0 Å². The van der Waals surface area contributed by atoms with Crippen LogP contribution in [0.3, 0.4) is 0 Å². The van der Waals surface area contributed by atoms with Gasteiger partial charge in [0.25, 0.3) is 5.56 Å². The molecule has 7 nitrogen and oxygen atoms in total. The molecule has 0 amide bonds. The fourth-order valence-corrected chi connectivity index (χ4v) is 6.04. The molecule has 0 aliphatic carbocycles. The number of hydrogen-bond acceptors (Lipinski definition) is 6. The quantitative estimate of drug-likeness (QED) is 0.623. The summed E-state index contributed by atoms with van der Waals surface area (Å²) in [4.78, 5) is 30.9. The largest absolute Gasteiger partial charge is 0.366 e. The molecule has 0 radical (unpaired) electrons. The van der Waals surface area contributed by atoms with Gasteiger partial charge in [0.05, 0.1) is 5.56 Å². The van der Waals surface area contributed by atoms with Crippen molar-refractivity contribution in [3.8, 4) is 0 Å². The molecule has 35 heavy (non-hydrogen) atoms. The Morgan fingerprint density at radius 3 is 2.77 bits per heavy atom. The first kappa shape index (κ1) is 22.0. The Hall–Kier alpha value is -3.49. The topological polar surface area (TPSA) is 68.4 Å². The van der Waals surface area contributed by atoms with E-state index in [0.29, 0.717) is 56.2 Å². The van der Waals surface area contributed by atoms with Gasteiger partial charge >= 0.3 is 0 Å². The Morgan fingerprint density at radius 2 is 2.00 bits per heavy atom. The molecule has 3 aromatic rings. The van der Waals surface area contributed by atoms with Crippen LogP contribution < -0.4 is 20.3 Å². The normalized spacial score (nSPS) is 18.7. The number of aromatic nitrogens is 3. The van der Waals surface area contributed by atoms with Crippen molar-refractivity contribution in [3.05, 3.63) is 75.3 Å². The van der Waals surface area contributed by atoms with Crippen LogP contribution in [0.25, 0.3) is 0 Å². The summed E-state index contributed by atoms with van der Waals surface area (Å²) >= 11 is 0. The van der Waals surface area contributed by atoms with Crippen LogP contribution in [0.15, 0.2) is 41.5 Å². The first-order valence-corrected chi connectivity index (χ1v) is 12.2. The van der Waals surface area contributed by atoms with Gasteiger partial charge in [-0.3, -0.25) is 14.8 Å². The average Bonchev–Trinajstić information content (AvgIpc) is 3.13. The lowest BCUT2D eigenvalue weighted by Crippen LogP contribution is -2.46. The summed E-state index contributed by atoms with van der Waals surface area (Å²) in [6.07, 6.45) is 6.56. The highest BCUT2D eigenvalue weighted by atomic mass is 19.1. The number of nitrogens with zero attached hydrogens (tertiary/aromatic N) is 5. The van der Waals surface area contributed by atoms with Crippen molar-refractivity contribution in [2.24, 2.45) is 0 Å². The second-order valence-electron chi connectivity index (χ2n) is 9.98. The van der Waals surface area contributed by atoms with E-state index in [1.165, 1.54) is 6.07 Å². The minimum atomic E-state index is -0.563. The molecule has 0 saturated carbocycles. The Labute approximate surface area is 202 Å². The van der Waals surface area contributed by atoms with Crippen LogP contribution in [0.2, 0.25) is 0 Å². The molecule has 1 spiro atoms. The predicted molar refractivity (Wildman–Crippen MR) is 131 cm³/mol. The highest BCUT2D eigenvalue weighted by Crippen LogP contribution is 2.49. The summed E-state index contributed by atoms with van der Waals surface area (Å²) in [5.41, 5.74) is 2.48. The van der Waals surface area contributed by atoms with Crippen molar-refractivity contribution < 1.29 is 8.78 Å². The summed E-state index contributed by atoms with van der Waals surface area (Å²) in [6.45, 7) is 3.29. The lowest BCUT2D eigenvalue weighted by atomic mass is 9.74. The van der Waals surface area contributed by atoms with Gasteiger partial charge in [-0.1, -0.05) is 6.07 Å². The number of rotatable bonds is 3. The van der Waals surface area contributed by atoms with E-state index in [9.17, 15) is 9.18 Å². The van der Waals surface area contributed by atoms with Gasteiger partial charge in [-0.05, 0) is 43.4 Å². The average molecular weight is 479 g/mol. The standard InChI is InChI=1S/C26H28F2N6O/c1-32-9-3-5-19-23(32)30-25(31-24(19)35)33-10-6-26(7-11-33)16-34(15-17-4-2-8-29-14-17)21-13-18(27)12-20(28)22(21)26/h2,4,8,12-14H,3,5-7,9-11,15-16H2,1H3,(H,30,31,35). The fraction of sp³-hybridized carbons (Fsp3) is 0.423. The van der Waals surface area contributed by atoms with E-state index in [2.05, 4.69) is 19.8 Å². The summed E-state index contributed by atoms with van der Waals surface area (Å²) < 4.78 is 29.5. The maximum atomic E-state index is 15.2. The Morgan fingerprint density at radius 1 is 1.17 bits per heavy atom. The summed E-state index contributed by atoms with van der Waals surface area (Å²) in [7, 11) is 1.97. The van der Waals surface area contributed by atoms with Crippen LogP contribution in [0.4, 0.5) is 26.2 Å². The van der Waals surface area contributed by atoms with Crippen molar-refractivity contribution in [1.29, 1.82) is 0 Å². The number of benzene rings is 1. The molecule has 1 aromatic carbocycles. The van der Waals surface area contributed by atoms with Gasteiger partial charge in [-0.25, -0.2) is 8.78 Å². The van der Waals surface area contributed by atoms with E-state index >= 15 is 4.39 Å². The third-order valence-electron chi connectivity index (χ3n) is 7.78. The monoisotopic (exact) mass is 478 g/mol. The van der Waals surface area contributed by atoms with E-state index in [0.717, 1.165) is 42.4 Å². The zero-order valence-electron chi connectivity index (χ0n) is 19.7. The van der Waals surface area contributed by atoms with Gasteiger partial charge in [-0.2, -0.15) is 4.98 Å². The molecule has 3 aliphatic rings. The summed E-state index contributed by atoms with van der Waals surface area (Å²) in [5, 5.41) is 0. The highest BCUT2D eigenvalue weighted by molar-refractivity contribution is 5.64. The molecule has 2 aromatic heterocycles. The van der Waals surface area contributed by atoms with Gasteiger partial charge in [0, 0.05) is 74.9 Å². The van der Waals surface area contributed by atoms with Crippen LogP contribution in [0, 0.1) is 11.6 Å². The zero-order chi connectivity index (χ0) is 24.2. The minimum absolute atomic E-state index is 0.0767. The number of fused-ring (bicyclic) bond motifs is 3. The summed E-state index contributed by atoms with van der Waals surface area (Å²) in [5.74, 6) is 0.281. The Kier molecular flexibility index (Phi) is 5.23. The van der Waals surface area contributed by atoms with Crippen LogP contribution in [0.5, 0.6) is 0 Å². The third-order valence-corrected chi connectivity index (χ3v) is 7.78. The minimum Gasteiger partial charge on any atom is -0.366 e. The second kappa shape index (κ2) is 8.32. The van der Waals surface area contributed by atoms with Gasteiger partial charge in [-0.15, -0.1) is 0 Å². The van der Waals surface area contributed by atoms with Crippen molar-refractivity contribution in [1.82, 2.24) is 15.0 Å². The predicted octanol–water partition coefficient (Wildman–Crippen LogP) is 3.38. The van der Waals surface area contributed by atoms with Gasteiger partial charge in [0.15, 0.2) is 0 Å². The van der Waals surface area contributed by atoms with E-state index in [1.807, 2.05) is 24.1 Å². The van der Waals surface area contributed by atoms with Crippen molar-refractivity contribution in [2.75, 3.05) is 47.9 Å². The molecular weight excluding hydrogens is 450 g/mol. The Balaban J connectivity index is 1.29. The maximum absolute atomic E-state index is 15.2. The van der Waals surface area contributed by atoms with Gasteiger partial charge in [0.2, 0.25) is 5.95 Å². The highest BCUT2D eigenvalue weighted by Gasteiger charge is 2.47. The van der Waals surface area contributed by atoms with Crippen molar-refractivity contribution in [3.63, 3.8) is 0 Å². The number of hydrogen-bond donors (Lipinski definition) is 1. The van der Waals surface area contributed by atoms with E-state index < -0.39 is 17.0 Å². The fourth-order valence-electron chi connectivity index (χ4n) is 6.04. The van der Waals surface area contributed by atoms with Crippen molar-refractivity contribution >= 4 is 17.5 Å². The molecule has 1 N–H and O–H groups in total. The molecule has 0 bridgehead atoms. The molecule has 3 aliphatic heterocycles. The van der Waals surface area contributed by atoms with E-state index in [4.69, 9.17) is 4.98 Å². The number of anilines is 3. The van der Waals surface area contributed by atoms with Crippen LogP contribution in [-0.4, -0.2) is 48.2 Å². The van der Waals surface area contributed by atoms with E-state index in [-0.39, 0.29) is 5.56 Å². The molecular formula is C26H28F2N6O. The van der Waals surface area contributed by atoms with Crippen molar-refractivity contribution in [2.45, 2.75) is 37.6 Å². The molecule has 1 saturated heterocycles. The van der Waals surface area contributed by atoms with Crippen LogP contribution in [-0.2, 0) is 18.4 Å². The molecule has 0 atom stereocenters. The lowest BCUT2D eigenvalue weighted by molar-refractivity contribution is 0.337. The molecule has 182 valence electrons. The van der Waals surface area contributed by atoms with Crippen LogP contribution in [0.1, 0.15) is 36.0 Å². The molecule has 9 heteroatoms. The van der Waals surface area contributed by atoms with Gasteiger partial charge in [0.1, 0.15) is 17.5 Å². The zero-order valence-corrected chi connectivity index (χ0v) is 19.7. The number of halogens is 2. The number of aromatic amines is 1. The number of H-pyrrole nitrogens is 1. The number of nitrogens with one attached hydrogen (secondary N) is 1. The first-order chi connectivity index (χ1) is 16.9. The molecule has 5 heterocycles. The lowest BCUT2D eigenvalue weighted by Gasteiger charge is -2.40. The second-order valence-corrected chi connectivity index (χ2v) is 9.98. The maximum Gasteiger partial charge on any atom is 0.257 e. The SMILES string of the molecule is CN1CCCc2c1nc(N1CCC3(CC1)CN(Cc1cccnc1)c1cc(F)cc(F)c13)[nH]c2=O. The third kappa shape index (κ3) is 3.73.